The number of ether oxygens (including phenoxy) is 1. The Hall–Kier alpha value is -2.35. The molecule has 0 saturated carbocycles. The Balaban J connectivity index is 1.42. The fourth-order valence-electron chi connectivity index (χ4n) is 2.87. The molecule has 25 heavy (non-hydrogen) atoms. The third-order valence-corrected chi connectivity index (χ3v) is 4.39. The van der Waals surface area contributed by atoms with Gasteiger partial charge in [-0.3, -0.25) is 9.48 Å². The van der Waals surface area contributed by atoms with Crippen molar-refractivity contribution in [2.75, 3.05) is 6.61 Å². The Kier molecular flexibility index (Phi) is 5.70. The molecule has 1 aliphatic heterocycles. The maximum absolute atomic E-state index is 11.9. The number of nitrogens with one attached hydrogen (secondary N) is 1. The van der Waals surface area contributed by atoms with Gasteiger partial charge in [-0.1, -0.05) is 0 Å². The molecule has 1 unspecified atom stereocenters. The van der Waals surface area contributed by atoms with Crippen molar-refractivity contribution in [3.05, 3.63) is 36.4 Å². The Morgan fingerprint density at radius 1 is 1.36 bits per heavy atom. The van der Waals surface area contributed by atoms with Crippen molar-refractivity contribution in [3.8, 4) is 0 Å². The standard InChI is InChI=1S/C17H24N6O2/c1-17(6-2-3-8-25-17)16-20-10-14(11-21-16)9-19-15(24)5-4-7-23-13-18-12-22-23/h10-13H,2-9H2,1H3,(H,19,24). The summed E-state index contributed by atoms with van der Waals surface area (Å²) in [6.07, 6.45) is 11.0. The molecule has 2 aromatic rings. The first-order valence-corrected chi connectivity index (χ1v) is 8.70. The summed E-state index contributed by atoms with van der Waals surface area (Å²) in [7, 11) is 0. The number of carbonyl (C=O) groups excluding carboxylic acids is 1. The van der Waals surface area contributed by atoms with Crippen LogP contribution in [0, 0.1) is 0 Å². The monoisotopic (exact) mass is 344 g/mol. The van der Waals surface area contributed by atoms with Crippen LogP contribution >= 0.6 is 0 Å². The van der Waals surface area contributed by atoms with Crippen LogP contribution in [0.15, 0.2) is 25.0 Å². The summed E-state index contributed by atoms with van der Waals surface area (Å²) >= 11 is 0. The lowest BCUT2D eigenvalue weighted by Gasteiger charge is -2.32. The Labute approximate surface area is 147 Å². The topological polar surface area (TPSA) is 94.8 Å². The molecule has 1 aliphatic rings. The molecule has 2 aromatic heterocycles. The number of hydrogen-bond donors (Lipinski definition) is 1. The minimum atomic E-state index is -0.388. The molecule has 0 aromatic carbocycles. The molecular weight excluding hydrogens is 320 g/mol. The second kappa shape index (κ2) is 8.15. The van der Waals surface area contributed by atoms with Crippen LogP contribution in [-0.4, -0.2) is 37.2 Å². The van der Waals surface area contributed by atoms with E-state index in [1.807, 2.05) is 6.92 Å². The van der Waals surface area contributed by atoms with E-state index in [0.717, 1.165) is 43.7 Å². The van der Waals surface area contributed by atoms with Gasteiger partial charge in [-0.25, -0.2) is 15.0 Å². The number of hydrogen-bond acceptors (Lipinski definition) is 6. The molecule has 0 bridgehead atoms. The molecule has 8 heteroatoms. The lowest BCUT2D eigenvalue weighted by molar-refractivity contribution is -0.121. The van der Waals surface area contributed by atoms with Crippen molar-refractivity contribution >= 4 is 5.91 Å². The maximum atomic E-state index is 11.9. The molecule has 1 saturated heterocycles. The van der Waals surface area contributed by atoms with Gasteiger partial charge < -0.3 is 10.1 Å². The highest BCUT2D eigenvalue weighted by atomic mass is 16.5. The average Bonchev–Trinajstić information content (AvgIpc) is 3.14. The fraction of sp³-hybridized carbons (Fsp3) is 0.588. The van der Waals surface area contributed by atoms with Crippen molar-refractivity contribution in [2.24, 2.45) is 0 Å². The van der Waals surface area contributed by atoms with E-state index < -0.39 is 0 Å². The van der Waals surface area contributed by atoms with E-state index >= 15 is 0 Å². The highest BCUT2D eigenvalue weighted by Gasteiger charge is 2.32. The summed E-state index contributed by atoms with van der Waals surface area (Å²) in [6.45, 7) is 3.91. The van der Waals surface area contributed by atoms with Crippen LogP contribution in [0.2, 0.25) is 0 Å². The first-order valence-electron chi connectivity index (χ1n) is 8.70. The van der Waals surface area contributed by atoms with Gasteiger partial charge in [-0.05, 0) is 32.6 Å². The summed E-state index contributed by atoms with van der Waals surface area (Å²) in [5, 5.41) is 6.90. The number of nitrogens with zero attached hydrogens (tertiary/aromatic N) is 5. The lowest BCUT2D eigenvalue weighted by Crippen LogP contribution is -2.32. The van der Waals surface area contributed by atoms with Crippen molar-refractivity contribution in [3.63, 3.8) is 0 Å². The molecule has 0 radical (unpaired) electrons. The van der Waals surface area contributed by atoms with Crippen LogP contribution in [0.25, 0.3) is 0 Å². The lowest BCUT2D eigenvalue weighted by atomic mass is 9.95. The number of rotatable bonds is 7. The third-order valence-electron chi connectivity index (χ3n) is 4.39. The van der Waals surface area contributed by atoms with E-state index in [2.05, 4.69) is 25.4 Å². The van der Waals surface area contributed by atoms with E-state index in [1.165, 1.54) is 6.33 Å². The summed E-state index contributed by atoms with van der Waals surface area (Å²) in [4.78, 5) is 24.6. The number of aromatic nitrogens is 5. The second-order valence-corrected chi connectivity index (χ2v) is 6.49. The maximum Gasteiger partial charge on any atom is 0.220 e. The zero-order valence-electron chi connectivity index (χ0n) is 14.5. The van der Waals surface area contributed by atoms with E-state index in [9.17, 15) is 4.79 Å². The van der Waals surface area contributed by atoms with Crippen molar-refractivity contribution in [1.29, 1.82) is 0 Å². The summed E-state index contributed by atoms with van der Waals surface area (Å²) < 4.78 is 7.57. The predicted octanol–water partition coefficient (Wildman–Crippen LogP) is 1.58. The first-order chi connectivity index (χ1) is 12.2. The van der Waals surface area contributed by atoms with Gasteiger partial charge in [0.25, 0.3) is 0 Å². The van der Waals surface area contributed by atoms with Gasteiger partial charge in [-0.15, -0.1) is 0 Å². The van der Waals surface area contributed by atoms with Crippen LogP contribution in [0.3, 0.4) is 0 Å². The van der Waals surface area contributed by atoms with Crippen LogP contribution in [0.1, 0.15) is 50.4 Å². The van der Waals surface area contributed by atoms with E-state index in [4.69, 9.17) is 4.74 Å². The fourth-order valence-corrected chi connectivity index (χ4v) is 2.87. The predicted molar refractivity (Wildman–Crippen MR) is 90.3 cm³/mol. The SMILES string of the molecule is CC1(c2ncc(CNC(=O)CCCn3cncn3)cn2)CCCCO1. The van der Waals surface area contributed by atoms with Gasteiger partial charge in [0, 0.05) is 44.1 Å². The summed E-state index contributed by atoms with van der Waals surface area (Å²) in [5.74, 6) is 0.724. The summed E-state index contributed by atoms with van der Waals surface area (Å²) in [5.41, 5.74) is 0.495. The minimum Gasteiger partial charge on any atom is -0.367 e. The second-order valence-electron chi connectivity index (χ2n) is 6.49. The van der Waals surface area contributed by atoms with Crippen LogP contribution < -0.4 is 5.32 Å². The van der Waals surface area contributed by atoms with Gasteiger partial charge in [0.2, 0.25) is 5.91 Å². The van der Waals surface area contributed by atoms with Gasteiger partial charge in [0.15, 0.2) is 5.82 Å². The Morgan fingerprint density at radius 2 is 2.20 bits per heavy atom. The van der Waals surface area contributed by atoms with Gasteiger partial charge in [0.1, 0.15) is 18.3 Å². The molecule has 8 nitrogen and oxygen atoms in total. The smallest absolute Gasteiger partial charge is 0.220 e. The van der Waals surface area contributed by atoms with Gasteiger partial charge in [-0.2, -0.15) is 5.10 Å². The molecule has 134 valence electrons. The molecule has 3 rings (SSSR count). The molecular formula is C17H24N6O2. The van der Waals surface area contributed by atoms with Crippen LogP contribution in [0.5, 0.6) is 0 Å². The molecule has 3 heterocycles. The number of amides is 1. The first kappa shape index (κ1) is 17.5. The molecule has 1 fully saturated rings. The molecule has 1 atom stereocenters. The van der Waals surface area contributed by atoms with Crippen LogP contribution in [-0.2, 0) is 28.2 Å². The largest absolute Gasteiger partial charge is 0.367 e. The molecule has 1 N–H and O–H groups in total. The van der Waals surface area contributed by atoms with E-state index in [1.54, 1.807) is 23.4 Å². The van der Waals surface area contributed by atoms with E-state index in [0.29, 0.717) is 19.5 Å². The third kappa shape index (κ3) is 4.82. The van der Waals surface area contributed by atoms with Crippen molar-refractivity contribution < 1.29 is 9.53 Å². The molecule has 0 aliphatic carbocycles. The highest BCUT2D eigenvalue weighted by Crippen LogP contribution is 2.32. The number of carbonyl (C=O) groups is 1. The quantitative estimate of drug-likeness (QED) is 0.819. The zero-order valence-corrected chi connectivity index (χ0v) is 14.5. The zero-order chi connectivity index (χ0) is 17.5. The normalized spacial score (nSPS) is 20.4. The van der Waals surface area contributed by atoms with Crippen molar-refractivity contribution in [2.45, 2.75) is 57.7 Å². The average molecular weight is 344 g/mol. The van der Waals surface area contributed by atoms with Crippen molar-refractivity contribution in [1.82, 2.24) is 30.0 Å². The molecule has 0 spiro atoms. The Bertz CT molecular complexity index is 665. The number of aryl methyl sites for hydroxylation is 1. The Morgan fingerprint density at radius 3 is 2.88 bits per heavy atom. The summed E-state index contributed by atoms with van der Waals surface area (Å²) in [6, 6.07) is 0. The van der Waals surface area contributed by atoms with E-state index in [-0.39, 0.29) is 11.5 Å². The molecule has 1 amide bonds. The van der Waals surface area contributed by atoms with Gasteiger partial charge >= 0.3 is 0 Å². The van der Waals surface area contributed by atoms with Gasteiger partial charge in [0.05, 0.1) is 0 Å². The van der Waals surface area contributed by atoms with Crippen LogP contribution in [0.4, 0.5) is 0 Å². The minimum absolute atomic E-state index is 0.00627. The highest BCUT2D eigenvalue weighted by molar-refractivity contribution is 5.75.